The van der Waals surface area contributed by atoms with Crippen LogP contribution in [0, 0.1) is 5.92 Å². The number of likely N-dealkylation sites (N-methyl/N-ethyl adjacent to an activating group) is 1. The van der Waals surface area contributed by atoms with Gasteiger partial charge in [0.05, 0.1) is 6.61 Å². The summed E-state index contributed by atoms with van der Waals surface area (Å²) in [6.07, 6.45) is 2.22. The Hall–Kier alpha value is -0.120. The Morgan fingerprint density at radius 1 is 1.57 bits per heavy atom. The average molecular weight is 200 g/mol. The van der Waals surface area contributed by atoms with Gasteiger partial charge < -0.3 is 10.5 Å². The topological polar surface area (TPSA) is 38.5 Å². The van der Waals surface area contributed by atoms with Crippen molar-refractivity contribution in [3.05, 3.63) is 0 Å². The van der Waals surface area contributed by atoms with Crippen molar-refractivity contribution in [2.24, 2.45) is 11.7 Å². The highest BCUT2D eigenvalue weighted by atomic mass is 16.5. The average Bonchev–Trinajstić information content (AvgIpc) is 2.18. The number of nitrogens with zero attached hydrogens (tertiary/aromatic N) is 1. The lowest BCUT2D eigenvalue weighted by Gasteiger charge is -2.36. The molecular weight excluding hydrogens is 176 g/mol. The third-order valence-corrected chi connectivity index (χ3v) is 3.24. The zero-order valence-electron chi connectivity index (χ0n) is 9.70. The summed E-state index contributed by atoms with van der Waals surface area (Å²) in [5.74, 6) is 0.745. The van der Waals surface area contributed by atoms with E-state index in [0.29, 0.717) is 6.04 Å². The van der Waals surface area contributed by atoms with Crippen molar-refractivity contribution in [1.29, 1.82) is 0 Å². The van der Waals surface area contributed by atoms with E-state index in [1.165, 1.54) is 6.42 Å². The van der Waals surface area contributed by atoms with Gasteiger partial charge in [0.25, 0.3) is 0 Å². The van der Waals surface area contributed by atoms with Gasteiger partial charge >= 0.3 is 0 Å². The van der Waals surface area contributed by atoms with Crippen molar-refractivity contribution < 1.29 is 4.74 Å². The molecule has 1 aliphatic rings. The summed E-state index contributed by atoms with van der Waals surface area (Å²) in [7, 11) is 2.16. The van der Waals surface area contributed by atoms with Gasteiger partial charge in [-0.05, 0) is 19.4 Å². The van der Waals surface area contributed by atoms with Crippen LogP contribution in [0.2, 0.25) is 0 Å². The van der Waals surface area contributed by atoms with Gasteiger partial charge in [0.1, 0.15) is 0 Å². The van der Waals surface area contributed by atoms with Gasteiger partial charge in [-0.2, -0.15) is 0 Å². The second-order valence-electron chi connectivity index (χ2n) is 4.55. The zero-order valence-corrected chi connectivity index (χ0v) is 9.70. The molecule has 1 saturated heterocycles. The van der Waals surface area contributed by atoms with Crippen LogP contribution in [0.4, 0.5) is 0 Å². The lowest BCUT2D eigenvalue weighted by molar-refractivity contribution is 0.0111. The molecule has 0 amide bonds. The van der Waals surface area contributed by atoms with Crippen LogP contribution in [-0.4, -0.2) is 43.8 Å². The van der Waals surface area contributed by atoms with E-state index >= 15 is 0 Å². The lowest BCUT2D eigenvalue weighted by Crippen LogP contribution is -2.53. The first-order chi connectivity index (χ1) is 6.65. The SMILES string of the molecule is CCC(C)CN(C)C1COCCC1N. The van der Waals surface area contributed by atoms with Gasteiger partial charge in [0, 0.05) is 25.2 Å². The molecule has 0 radical (unpaired) electrons. The molecule has 0 aliphatic carbocycles. The number of rotatable bonds is 4. The first-order valence-corrected chi connectivity index (χ1v) is 5.68. The first kappa shape index (κ1) is 12.0. The van der Waals surface area contributed by atoms with Crippen molar-refractivity contribution in [2.45, 2.75) is 38.8 Å². The molecule has 0 spiro atoms. The predicted molar refractivity (Wildman–Crippen MR) is 59.3 cm³/mol. The molecule has 1 rings (SSSR count). The minimum absolute atomic E-state index is 0.290. The first-order valence-electron chi connectivity index (χ1n) is 5.68. The molecule has 3 atom stereocenters. The number of nitrogens with two attached hydrogens (primary N) is 1. The van der Waals surface area contributed by atoms with E-state index in [1.807, 2.05) is 0 Å². The minimum Gasteiger partial charge on any atom is -0.380 e. The normalized spacial score (nSPS) is 30.6. The third kappa shape index (κ3) is 3.23. The standard InChI is InChI=1S/C11H24N2O/c1-4-9(2)7-13(3)11-8-14-6-5-10(11)12/h9-11H,4-8,12H2,1-3H3. The molecule has 0 aromatic rings. The largest absolute Gasteiger partial charge is 0.380 e. The van der Waals surface area contributed by atoms with Gasteiger partial charge in [-0.15, -0.1) is 0 Å². The molecule has 84 valence electrons. The molecule has 3 unspecified atom stereocenters. The van der Waals surface area contributed by atoms with Gasteiger partial charge in [-0.25, -0.2) is 0 Å². The van der Waals surface area contributed by atoms with E-state index in [4.69, 9.17) is 10.5 Å². The van der Waals surface area contributed by atoms with Crippen LogP contribution in [0.15, 0.2) is 0 Å². The number of hydrogen-bond acceptors (Lipinski definition) is 3. The Morgan fingerprint density at radius 3 is 2.86 bits per heavy atom. The summed E-state index contributed by atoms with van der Waals surface area (Å²) >= 11 is 0. The van der Waals surface area contributed by atoms with Crippen molar-refractivity contribution in [1.82, 2.24) is 4.90 Å². The molecule has 1 aliphatic heterocycles. The van der Waals surface area contributed by atoms with Crippen molar-refractivity contribution >= 4 is 0 Å². The number of ether oxygens (including phenoxy) is 1. The second-order valence-corrected chi connectivity index (χ2v) is 4.55. The van der Waals surface area contributed by atoms with Gasteiger partial charge in [0.15, 0.2) is 0 Å². The molecular formula is C11H24N2O. The van der Waals surface area contributed by atoms with Crippen LogP contribution < -0.4 is 5.73 Å². The smallest absolute Gasteiger partial charge is 0.0636 e. The van der Waals surface area contributed by atoms with Crippen LogP contribution in [-0.2, 0) is 4.74 Å². The molecule has 1 heterocycles. The van der Waals surface area contributed by atoms with E-state index in [9.17, 15) is 0 Å². The fraction of sp³-hybridized carbons (Fsp3) is 1.00. The third-order valence-electron chi connectivity index (χ3n) is 3.24. The molecule has 0 aromatic heterocycles. The quantitative estimate of drug-likeness (QED) is 0.738. The summed E-state index contributed by atoms with van der Waals surface area (Å²) in [5, 5.41) is 0. The van der Waals surface area contributed by atoms with Gasteiger partial charge in [0.2, 0.25) is 0 Å². The summed E-state index contributed by atoms with van der Waals surface area (Å²) in [6, 6.07) is 0.704. The van der Waals surface area contributed by atoms with Crippen LogP contribution >= 0.6 is 0 Å². The van der Waals surface area contributed by atoms with Crippen molar-refractivity contribution in [3.8, 4) is 0 Å². The van der Waals surface area contributed by atoms with E-state index < -0.39 is 0 Å². The molecule has 3 heteroatoms. The maximum Gasteiger partial charge on any atom is 0.0636 e. The minimum atomic E-state index is 0.290. The summed E-state index contributed by atoms with van der Waals surface area (Å²) in [5.41, 5.74) is 6.08. The van der Waals surface area contributed by atoms with Gasteiger partial charge in [-0.3, -0.25) is 4.90 Å². The number of hydrogen-bond donors (Lipinski definition) is 1. The molecule has 3 nitrogen and oxygen atoms in total. The maximum atomic E-state index is 6.08. The van der Waals surface area contributed by atoms with E-state index in [2.05, 4.69) is 25.8 Å². The van der Waals surface area contributed by atoms with E-state index in [-0.39, 0.29) is 6.04 Å². The fourth-order valence-corrected chi connectivity index (χ4v) is 1.95. The van der Waals surface area contributed by atoms with Crippen LogP contribution in [0.5, 0.6) is 0 Å². The molecule has 1 fully saturated rings. The molecule has 0 saturated carbocycles. The molecule has 14 heavy (non-hydrogen) atoms. The summed E-state index contributed by atoms with van der Waals surface area (Å²) in [4.78, 5) is 2.36. The van der Waals surface area contributed by atoms with Crippen molar-refractivity contribution in [2.75, 3.05) is 26.8 Å². The van der Waals surface area contributed by atoms with E-state index in [0.717, 1.165) is 32.1 Å². The van der Waals surface area contributed by atoms with E-state index in [1.54, 1.807) is 0 Å². The highest BCUT2D eigenvalue weighted by Gasteiger charge is 2.26. The van der Waals surface area contributed by atoms with Crippen molar-refractivity contribution in [3.63, 3.8) is 0 Å². The second kappa shape index (κ2) is 5.69. The maximum absolute atomic E-state index is 6.08. The monoisotopic (exact) mass is 200 g/mol. The Morgan fingerprint density at radius 2 is 2.29 bits per heavy atom. The zero-order chi connectivity index (χ0) is 10.6. The van der Waals surface area contributed by atoms with Crippen LogP contribution in [0.1, 0.15) is 26.7 Å². The fourth-order valence-electron chi connectivity index (χ4n) is 1.95. The Bertz CT molecular complexity index is 163. The van der Waals surface area contributed by atoms with Crippen LogP contribution in [0.3, 0.4) is 0 Å². The summed E-state index contributed by atoms with van der Waals surface area (Å²) in [6.45, 7) is 7.27. The Kier molecular flexibility index (Phi) is 4.85. The highest BCUT2D eigenvalue weighted by Crippen LogP contribution is 2.13. The molecule has 2 N–H and O–H groups in total. The highest BCUT2D eigenvalue weighted by molar-refractivity contribution is 4.83. The Balaban J connectivity index is 2.37. The predicted octanol–water partition coefficient (Wildman–Crippen LogP) is 1.08. The lowest BCUT2D eigenvalue weighted by atomic mass is 10.0. The molecule has 0 aromatic carbocycles. The van der Waals surface area contributed by atoms with Crippen LogP contribution in [0.25, 0.3) is 0 Å². The van der Waals surface area contributed by atoms with Gasteiger partial charge in [-0.1, -0.05) is 20.3 Å². The Labute approximate surface area is 87.6 Å². The summed E-state index contributed by atoms with van der Waals surface area (Å²) < 4.78 is 5.47. The molecule has 0 bridgehead atoms.